The highest BCUT2D eigenvalue weighted by atomic mass is 19.4. The van der Waals surface area contributed by atoms with Crippen LogP contribution < -0.4 is 21.7 Å². The fourth-order valence-electron chi connectivity index (χ4n) is 6.20. The lowest BCUT2D eigenvalue weighted by Gasteiger charge is -2.38. The first kappa shape index (κ1) is 39.8. The fourth-order valence-corrected chi connectivity index (χ4v) is 6.20. The van der Waals surface area contributed by atoms with Crippen molar-refractivity contribution in [3.8, 4) is 0 Å². The molecule has 1 unspecified atom stereocenters. The second-order valence-corrected chi connectivity index (χ2v) is 15.3. The number of hydrogen-bond acceptors (Lipinski definition) is 6. The average molecular weight is 675 g/mol. The van der Waals surface area contributed by atoms with Gasteiger partial charge in [-0.15, -0.1) is 0 Å². The zero-order chi connectivity index (χ0) is 36.1. The van der Waals surface area contributed by atoms with Crippen LogP contribution in [0, 0.1) is 22.7 Å². The van der Waals surface area contributed by atoms with Crippen LogP contribution in [0.25, 0.3) is 0 Å². The number of carbonyl (C=O) groups excluding carboxylic acids is 6. The van der Waals surface area contributed by atoms with Gasteiger partial charge in [0.25, 0.3) is 5.91 Å². The van der Waals surface area contributed by atoms with E-state index in [9.17, 15) is 41.9 Å². The van der Waals surface area contributed by atoms with E-state index in [1.165, 1.54) is 4.90 Å². The third-order valence-electron chi connectivity index (χ3n) is 8.64. The predicted octanol–water partition coefficient (Wildman–Crippen LogP) is 2.88. The van der Waals surface area contributed by atoms with E-state index in [4.69, 9.17) is 5.73 Å². The van der Waals surface area contributed by atoms with Crippen molar-refractivity contribution in [3.05, 3.63) is 0 Å². The van der Waals surface area contributed by atoms with E-state index in [0.29, 0.717) is 25.9 Å². The Hall–Kier alpha value is -3.39. The summed E-state index contributed by atoms with van der Waals surface area (Å²) in [5, 5.41) is 7.76. The molecule has 268 valence electrons. The quantitative estimate of drug-likeness (QED) is 0.232. The summed E-state index contributed by atoms with van der Waals surface area (Å²) < 4.78 is 39.0. The van der Waals surface area contributed by atoms with Crippen molar-refractivity contribution in [2.24, 2.45) is 28.4 Å². The number of nitrogens with one attached hydrogen (secondary N) is 3. The van der Waals surface area contributed by atoms with Crippen molar-refractivity contribution >= 4 is 35.4 Å². The number of halogens is 3. The summed E-state index contributed by atoms with van der Waals surface area (Å²) in [5.41, 5.74) is 3.54. The van der Waals surface area contributed by atoms with Gasteiger partial charge in [-0.3, -0.25) is 24.0 Å². The maximum Gasteiger partial charge on any atom is 0.389 e. The molecule has 15 heteroatoms. The molecule has 6 amide bonds. The Morgan fingerprint density at radius 2 is 1.32 bits per heavy atom. The molecule has 2 fully saturated rings. The highest BCUT2D eigenvalue weighted by molar-refractivity contribution is 6.37. The van der Waals surface area contributed by atoms with E-state index in [1.807, 2.05) is 34.6 Å². The van der Waals surface area contributed by atoms with E-state index < -0.39 is 89.5 Å². The second-order valence-electron chi connectivity index (χ2n) is 15.3. The largest absolute Gasteiger partial charge is 0.389 e. The van der Waals surface area contributed by atoms with Gasteiger partial charge < -0.3 is 31.5 Å². The highest BCUT2D eigenvalue weighted by Crippen LogP contribution is 2.33. The molecule has 0 aliphatic carbocycles. The Bertz CT molecular complexity index is 1170. The lowest BCUT2D eigenvalue weighted by Crippen LogP contribution is -2.63. The molecule has 2 aliphatic rings. The number of nitrogens with two attached hydrogens (primary N) is 1. The second kappa shape index (κ2) is 15.7. The third kappa shape index (κ3) is 11.4. The van der Waals surface area contributed by atoms with Crippen LogP contribution in [-0.4, -0.2) is 95.2 Å². The molecule has 0 saturated carbocycles. The predicted molar refractivity (Wildman–Crippen MR) is 168 cm³/mol. The van der Waals surface area contributed by atoms with Gasteiger partial charge in [0.05, 0.1) is 6.04 Å². The molecule has 2 saturated heterocycles. The smallest absolute Gasteiger partial charge is 0.363 e. The van der Waals surface area contributed by atoms with E-state index >= 15 is 0 Å². The molecule has 5 atom stereocenters. The Morgan fingerprint density at radius 3 is 1.77 bits per heavy atom. The number of nitrogens with zero attached hydrogens (tertiary/aromatic N) is 2. The number of urea groups is 1. The number of amides is 6. The SMILES string of the molecule is CC(C)C[C@H]1CCN(C(=O)[C@@H](NC(=O)N[C@H](C(=O)N2CCCC2)C(C)(C)C)C(C)(C)C)[C@@H]1C(=O)NC(CCC(F)(F)F)C(=O)C(N)=O. The lowest BCUT2D eigenvalue weighted by atomic mass is 9.84. The van der Waals surface area contributed by atoms with Crippen molar-refractivity contribution < 1.29 is 41.9 Å². The van der Waals surface area contributed by atoms with E-state index in [2.05, 4.69) is 16.0 Å². The number of likely N-dealkylation sites (tertiary alicyclic amines) is 2. The van der Waals surface area contributed by atoms with Crippen molar-refractivity contribution in [2.75, 3.05) is 19.6 Å². The summed E-state index contributed by atoms with van der Waals surface area (Å²) in [4.78, 5) is 81.7. The minimum atomic E-state index is -4.66. The van der Waals surface area contributed by atoms with Crippen LogP contribution in [0.15, 0.2) is 0 Å². The van der Waals surface area contributed by atoms with Gasteiger partial charge >= 0.3 is 12.2 Å². The third-order valence-corrected chi connectivity index (χ3v) is 8.64. The molecule has 5 N–H and O–H groups in total. The van der Waals surface area contributed by atoms with E-state index in [-0.39, 0.29) is 18.4 Å². The monoisotopic (exact) mass is 674 g/mol. The first-order valence-corrected chi connectivity index (χ1v) is 16.3. The van der Waals surface area contributed by atoms with Gasteiger partial charge in [-0.25, -0.2) is 4.79 Å². The van der Waals surface area contributed by atoms with Crippen LogP contribution in [0.5, 0.6) is 0 Å². The maximum atomic E-state index is 14.2. The van der Waals surface area contributed by atoms with Crippen LogP contribution in [0.3, 0.4) is 0 Å². The van der Waals surface area contributed by atoms with Crippen LogP contribution in [-0.2, 0) is 24.0 Å². The van der Waals surface area contributed by atoms with Crippen LogP contribution >= 0.6 is 0 Å². The average Bonchev–Trinajstić information content (AvgIpc) is 3.60. The lowest BCUT2D eigenvalue weighted by molar-refractivity contribution is -0.147. The molecular formula is C32H53F3N6O6. The molecule has 0 bridgehead atoms. The minimum absolute atomic E-state index is 0.0865. The number of ketones is 1. The van der Waals surface area contributed by atoms with E-state index in [0.717, 1.165) is 12.8 Å². The summed E-state index contributed by atoms with van der Waals surface area (Å²) in [7, 11) is 0. The van der Waals surface area contributed by atoms with Crippen LogP contribution in [0.2, 0.25) is 0 Å². The molecule has 2 aliphatic heterocycles. The van der Waals surface area contributed by atoms with Crippen LogP contribution in [0.1, 0.15) is 93.9 Å². The molecule has 0 aromatic heterocycles. The van der Waals surface area contributed by atoms with E-state index in [1.54, 1.807) is 25.7 Å². The Morgan fingerprint density at radius 1 is 0.809 bits per heavy atom. The molecule has 2 heterocycles. The molecule has 0 spiro atoms. The standard InChI is InChI=1S/C32H53F3N6O6/c1-18(2)17-19-12-16-41(21(19)26(44)37-20(22(42)25(36)43)11-13-32(33,34)35)28(46)24(31(6,7)8)39-29(47)38-23(30(3,4)5)27(45)40-14-9-10-15-40/h18-21,23-24H,9-17H2,1-8H3,(H2,36,43)(H,37,44)(H2,38,39,47)/t19-,20?,21+,23-,24-/m1/s1. The molecule has 0 radical (unpaired) electrons. The van der Waals surface area contributed by atoms with Gasteiger partial charge in [0.1, 0.15) is 18.1 Å². The molecule has 0 aromatic carbocycles. The zero-order valence-corrected chi connectivity index (χ0v) is 28.9. The minimum Gasteiger partial charge on any atom is -0.363 e. The maximum absolute atomic E-state index is 14.2. The first-order chi connectivity index (χ1) is 21.4. The highest BCUT2D eigenvalue weighted by Gasteiger charge is 2.47. The van der Waals surface area contributed by atoms with Crippen molar-refractivity contribution in [1.29, 1.82) is 0 Å². The molecule has 0 aromatic rings. The van der Waals surface area contributed by atoms with Crippen molar-refractivity contribution in [2.45, 2.75) is 124 Å². The summed E-state index contributed by atoms with van der Waals surface area (Å²) >= 11 is 0. The van der Waals surface area contributed by atoms with Gasteiger partial charge in [0.15, 0.2) is 0 Å². The molecule has 2 rings (SSSR count). The molecule has 12 nitrogen and oxygen atoms in total. The topological polar surface area (TPSA) is 171 Å². The number of primary amides is 1. The number of carbonyl (C=O) groups is 6. The number of rotatable bonds is 12. The number of hydrogen-bond donors (Lipinski definition) is 4. The summed E-state index contributed by atoms with van der Waals surface area (Å²) in [6.07, 6.45) is -4.38. The summed E-state index contributed by atoms with van der Waals surface area (Å²) in [5.74, 6) is -4.90. The van der Waals surface area contributed by atoms with Gasteiger partial charge in [-0.05, 0) is 54.8 Å². The van der Waals surface area contributed by atoms with Gasteiger partial charge in [0.2, 0.25) is 23.5 Å². The normalized spacial score (nSPS) is 20.9. The summed E-state index contributed by atoms with van der Waals surface area (Å²) in [6.45, 7) is 15.8. The fraction of sp³-hybridized carbons (Fsp3) is 0.812. The van der Waals surface area contributed by atoms with Crippen molar-refractivity contribution in [1.82, 2.24) is 25.8 Å². The molecule has 47 heavy (non-hydrogen) atoms. The Kier molecular flexibility index (Phi) is 13.3. The zero-order valence-electron chi connectivity index (χ0n) is 28.9. The number of alkyl halides is 3. The Balaban J connectivity index is 2.37. The van der Waals surface area contributed by atoms with Gasteiger partial charge in [0, 0.05) is 26.1 Å². The van der Waals surface area contributed by atoms with Gasteiger partial charge in [-0.2, -0.15) is 13.2 Å². The van der Waals surface area contributed by atoms with Crippen LogP contribution in [0.4, 0.5) is 18.0 Å². The van der Waals surface area contributed by atoms with Crippen molar-refractivity contribution in [3.63, 3.8) is 0 Å². The Labute approximate surface area is 275 Å². The number of Topliss-reactive ketones (excluding diaryl/α,β-unsaturated/α-hetero) is 1. The summed E-state index contributed by atoms with van der Waals surface area (Å²) in [6, 6.07) is -5.82. The first-order valence-electron chi connectivity index (χ1n) is 16.3. The molecular weight excluding hydrogens is 621 g/mol. The van der Waals surface area contributed by atoms with Gasteiger partial charge in [-0.1, -0.05) is 55.4 Å².